The number of aryl methyl sites for hydroxylation is 1. The highest BCUT2D eigenvalue weighted by Gasteiger charge is 2.25. The van der Waals surface area contributed by atoms with Crippen molar-refractivity contribution in [1.29, 1.82) is 0 Å². The second kappa shape index (κ2) is 7.57. The maximum atomic E-state index is 11.1. The smallest absolute Gasteiger partial charge is 0.320 e. The molecule has 1 fully saturated rings. The Kier molecular flexibility index (Phi) is 5.76. The van der Waals surface area contributed by atoms with E-state index in [4.69, 9.17) is 5.11 Å². The molecular weight excluding hydrogens is 264 g/mol. The minimum atomic E-state index is -0.742. The summed E-state index contributed by atoms with van der Waals surface area (Å²) < 4.78 is 0. The maximum absolute atomic E-state index is 11.1. The molecule has 2 atom stereocenters. The van der Waals surface area contributed by atoms with E-state index in [1.54, 1.807) is 7.05 Å². The number of hydrogen-bond donors (Lipinski definition) is 2. The van der Waals surface area contributed by atoms with Crippen LogP contribution in [0.4, 0.5) is 0 Å². The lowest BCUT2D eigenvalue weighted by Crippen LogP contribution is -2.41. The Hall–Kier alpha value is -1.39. The zero-order valence-electron chi connectivity index (χ0n) is 13.0. The van der Waals surface area contributed by atoms with Crippen molar-refractivity contribution >= 4 is 5.97 Å². The van der Waals surface area contributed by atoms with Crippen LogP contribution in [0.2, 0.25) is 0 Å². The largest absolute Gasteiger partial charge is 0.480 e. The molecule has 1 aliphatic rings. The van der Waals surface area contributed by atoms with Crippen molar-refractivity contribution in [2.75, 3.05) is 20.1 Å². The van der Waals surface area contributed by atoms with Crippen LogP contribution in [-0.4, -0.2) is 42.2 Å². The van der Waals surface area contributed by atoms with Crippen molar-refractivity contribution in [3.63, 3.8) is 0 Å². The summed E-state index contributed by atoms with van der Waals surface area (Å²) in [6.07, 6.45) is 3.01. The van der Waals surface area contributed by atoms with Crippen LogP contribution in [0, 0.1) is 12.8 Å². The zero-order valence-corrected chi connectivity index (χ0v) is 13.0. The van der Waals surface area contributed by atoms with Crippen LogP contribution in [0.15, 0.2) is 24.3 Å². The third-order valence-corrected chi connectivity index (χ3v) is 4.35. The van der Waals surface area contributed by atoms with Gasteiger partial charge in [0.2, 0.25) is 0 Å². The number of carbonyl (C=O) groups is 1. The van der Waals surface area contributed by atoms with Crippen molar-refractivity contribution in [3.05, 3.63) is 35.4 Å². The Balaban J connectivity index is 1.88. The molecule has 4 nitrogen and oxygen atoms in total. The molecule has 2 rings (SSSR count). The van der Waals surface area contributed by atoms with E-state index in [1.807, 2.05) is 0 Å². The molecule has 0 spiro atoms. The van der Waals surface area contributed by atoms with Gasteiger partial charge in [-0.1, -0.05) is 29.8 Å². The van der Waals surface area contributed by atoms with Crippen LogP contribution in [0.5, 0.6) is 0 Å². The minimum Gasteiger partial charge on any atom is -0.480 e. The fourth-order valence-electron chi connectivity index (χ4n) is 3.11. The number of hydrogen-bond acceptors (Lipinski definition) is 3. The molecule has 1 aliphatic heterocycles. The predicted octanol–water partition coefficient (Wildman–Crippen LogP) is 2.27. The number of rotatable bonds is 6. The molecule has 1 heterocycles. The van der Waals surface area contributed by atoms with Gasteiger partial charge in [0.1, 0.15) is 6.04 Å². The molecule has 0 aliphatic carbocycles. The van der Waals surface area contributed by atoms with E-state index in [9.17, 15) is 4.79 Å². The number of piperidine rings is 1. The first-order chi connectivity index (χ1) is 10.1. The lowest BCUT2D eigenvalue weighted by atomic mass is 9.91. The summed E-state index contributed by atoms with van der Waals surface area (Å²) >= 11 is 0. The topological polar surface area (TPSA) is 52.6 Å². The van der Waals surface area contributed by atoms with E-state index in [0.29, 0.717) is 5.92 Å². The minimum absolute atomic E-state index is 0.422. The zero-order chi connectivity index (χ0) is 15.2. The Morgan fingerprint density at radius 2 is 2.14 bits per heavy atom. The average molecular weight is 290 g/mol. The van der Waals surface area contributed by atoms with Gasteiger partial charge in [-0.3, -0.25) is 9.69 Å². The quantitative estimate of drug-likeness (QED) is 0.844. The first-order valence-corrected chi connectivity index (χ1v) is 7.76. The van der Waals surface area contributed by atoms with Crippen LogP contribution in [0.3, 0.4) is 0 Å². The summed E-state index contributed by atoms with van der Waals surface area (Å²) in [5.41, 5.74) is 2.62. The molecule has 2 unspecified atom stereocenters. The number of nitrogens with one attached hydrogen (secondary N) is 1. The van der Waals surface area contributed by atoms with Gasteiger partial charge in [-0.05, 0) is 51.3 Å². The number of likely N-dealkylation sites (N-methyl/N-ethyl adjacent to an activating group) is 1. The summed E-state index contributed by atoms with van der Waals surface area (Å²) in [7, 11) is 1.73. The maximum Gasteiger partial charge on any atom is 0.320 e. The lowest BCUT2D eigenvalue weighted by Gasteiger charge is -2.33. The summed E-state index contributed by atoms with van der Waals surface area (Å²) in [4.78, 5) is 13.6. The van der Waals surface area contributed by atoms with Gasteiger partial charge in [0, 0.05) is 13.1 Å². The average Bonchev–Trinajstić information content (AvgIpc) is 2.47. The Bertz CT molecular complexity index is 458. The van der Waals surface area contributed by atoms with Crippen LogP contribution in [0.1, 0.15) is 30.4 Å². The first-order valence-electron chi connectivity index (χ1n) is 7.76. The number of aliphatic carboxylic acids is 1. The summed E-state index contributed by atoms with van der Waals surface area (Å²) in [5.74, 6) is -0.272. The van der Waals surface area contributed by atoms with E-state index in [-0.39, 0.29) is 0 Å². The molecular formula is C17H26N2O2. The van der Waals surface area contributed by atoms with Gasteiger partial charge in [-0.2, -0.15) is 0 Å². The van der Waals surface area contributed by atoms with Gasteiger partial charge >= 0.3 is 5.97 Å². The predicted molar refractivity (Wildman–Crippen MR) is 84.3 cm³/mol. The highest BCUT2D eigenvalue weighted by atomic mass is 16.4. The van der Waals surface area contributed by atoms with Crippen molar-refractivity contribution in [1.82, 2.24) is 10.2 Å². The van der Waals surface area contributed by atoms with E-state index >= 15 is 0 Å². The molecule has 21 heavy (non-hydrogen) atoms. The second-order valence-corrected chi connectivity index (χ2v) is 6.14. The number of benzene rings is 1. The first kappa shape index (κ1) is 16.0. The molecule has 1 aromatic rings. The summed E-state index contributed by atoms with van der Waals surface area (Å²) in [6.45, 7) is 5.18. The monoisotopic (exact) mass is 290 g/mol. The van der Waals surface area contributed by atoms with Gasteiger partial charge in [-0.15, -0.1) is 0 Å². The second-order valence-electron chi connectivity index (χ2n) is 6.14. The van der Waals surface area contributed by atoms with Crippen LogP contribution < -0.4 is 5.32 Å². The lowest BCUT2D eigenvalue weighted by molar-refractivity contribution is -0.139. The summed E-state index contributed by atoms with van der Waals surface area (Å²) in [6, 6.07) is 8.25. The third-order valence-electron chi connectivity index (χ3n) is 4.35. The van der Waals surface area contributed by atoms with Gasteiger partial charge in [0.25, 0.3) is 0 Å². The van der Waals surface area contributed by atoms with Crippen molar-refractivity contribution in [2.45, 2.75) is 38.8 Å². The molecule has 0 radical (unpaired) electrons. The van der Waals surface area contributed by atoms with Crippen molar-refractivity contribution in [2.24, 2.45) is 5.92 Å². The van der Waals surface area contributed by atoms with Gasteiger partial charge in [0.15, 0.2) is 0 Å². The van der Waals surface area contributed by atoms with E-state index in [0.717, 1.165) is 38.9 Å². The van der Waals surface area contributed by atoms with Crippen LogP contribution in [0.25, 0.3) is 0 Å². The molecule has 1 aromatic carbocycles. The van der Waals surface area contributed by atoms with Crippen LogP contribution in [-0.2, 0) is 11.3 Å². The summed E-state index contributed by atoms with van der Waals surface area (Å²) in [5, 5.41) is 12.1. The highest BCUT2D eigenvalue weighted by molar-refractivity contribution is 5.73. The number of likely N-dealkylation sites (tertiary alicyclic amines) is 1. The van der Waals surface area contributed by atoms with Crippen molar-refractivity contribution in [3.8, 4) is 0 Å². The highest BCUT2D eigenvalue weighted by Crippen LogP contribution is 2.22. The molecule has 116 valence electrons. The fraction of sp³-hybridized carbons (Fsp3) is 0.588. The van der Waals surface area contributed by atoms with Gasteiger partial charge < -0.3 is 10.4 Å². The fourth-order valence-corrected chi connectivity index (χ4v) is 3.11. The number of nitrogens with zero attached hydrogens (tertiary/aromatic N) is 1. The Labute approximate surface area is 127 Å². The molecule has 2 N–H and O–H groups in total. The SMILES string of the molecule is CNC(CC1CCCN(Cc2ccc(C)cc2)C1)C(=O)O. The van der Waals surface area contributed by atoms with Gasteiger partial charge in [-0.25, -0.2) is 0 Å². The number of carboxylic acid groups (broad SMARTS) is 1. The van der Waals surface area contributed by atoms with E-state index in [2.05, 4.69) is 41.4 Å². The Morgan fingerprint density at radius 1 is 1.43 bits per heavy atom. The number of carboxylic acids is 1. The van der Waals surface area contributed by atoms with Crippen LogP contribution >= 0.6 is 0 Å². The third kappa shape index (κ3) is 4.83. The molecule has 0 saturated carbocycles. The van der Waals surface area contributed by atoms with Gasteiger partial charge in [0.05, 0.1) is 0 Å². The standard InChI is InChI=1S/C17H26N2O2/c1-13-5-7-14(8-6-13)11-19-9-3-4-15(12-19)10-16(18-2)17(20)21/h5-8,15-16,18H,3-4,9-12H2,1-2H3,(H,20,21). The van der Waals surface area contributed by atoms with Crippen molar-refractivity contribution < 1.29 is 9.90 Å². The normalized spacial score (nSPS) is 21.1. The molecule has 4 heteroatoms. The van der Waals surface area contributed by atoms with E-state index in [1.165, 1.54) is 11.1 Å². The molecule has 1 saturated heterocycles. The molecule has 0 bridgehead atoms. The van der Waals surface area contributed by atoms with E-state index < -0.39 is 12.0 Å². The molecule has 0 amide bonds. The molecule has 0 aromatic heterocycles. The Morgan fingerprint density at radius 3 is 2.76 bits per heavy atom.